The van der Waals surface area contributed by atoms with Crippen molar-refractivity contribution in [2.24, 2.45) is 0 Å². The zero-order chi connectivity index (χ0) is 15.4. The molecule has 4 nitrogen and oxygen atoms in total. The van der Waals surface area contributed by atoms with Gasteiger partial charge in [-0.2, -0.15) is 5.26 Å². The van der Waals surface area contributed by atoms with Crippen LogP contribution in [-0.2, 0) is 6.54 Å². The molecule has 0 spiro atoms. The van der Waals surface area contributed by atoms with Crippen molar-refractivity contribution in [3.8, 4) is 17.2 Å². The highest BCUT2D eigenvalue weighted by Crippen LogP contribution is 2.24. The van der Waals surface area contributed by atoms with Crippen molar-refractivity contribution < 1.29 is 0 Å². The van der Waals surface area contributed by atoms with E-state index in [1.807, 2.05) is 24.5 Å². The molecule has 0 radical (unpaired) electrons. The second kappa shape index (κ2) is 6.78. The van der Waals surface area contributed by atoms with E-state index < -0.39 is 0 Å². The van der Waals surface area contributed by atoms with E-state index in [0.717, 1.165) is 42.9 Å². The van der Waals surface area contributed by atoms with Gasteiger partial charge >= 0.3 is 0 Å². The minimum atomic E-state index is 0.754. The number of aromatic amines is 1. The van der Waals surface area contributed by atoms with Gasteiger partial charge in [-0.05, 0) is 44.3 Å². The number of nitriles is 1. The van der Waals surface area contributed by atoms with Crippen LogP contribution in [0, 0.1) is 11.3 Å². The quantitative estimate of drug-likeness (QED) is 0.946. The molecule has 0 bridgehead atoms. The Labute approximate surface area is 132 Å². The molecule has 1 fully saturated rings. The molecule has 2 aromatic rings. The second-order valence-electron chi connectivity index (χ2n) is 6.02. The monoisotopic (exact) mass is 294 g/mol. The normalized spacial score (nSPS) is 17.1. The molecule has 1 N–H and O–H groups in total. The van der Waals surface area contributed by atoms with E-state index in [2.05, 4.69) is 40.0 Å². The zero-order valence-electron chi connectivity index (χ0n) is 13.0. The van der Waals surface area contributed by atoms with Crippen LogP contribution in [0.2, 0.25) is 0 Å². The number of benzene rings is 1. The van der Waals surface area contributed by atoms with Crippen LogP contribution in [0.5, 0.6) is 0 Å². The Hall–Kier alpha value is -2.09. The molecule has 1 aliphatic heterocycles. The molecular weight excluding hydrogens is 272 g/mol. The Morgan fingerprint density at radius 2 is 2.09 bits per heavy atom. The molecule has 4 heteroatoms. The third-order valence-electron chi connectivity index (χ3n) is 4.33. The standard InChI is InChI=1S/C18H22N4/c1-21-7-2-8-22(10-9-21)14-15-3-4-18(17(11-15)12-19)16-5-6-20-13-16/h3-6,11,13,20H,2,7-10,14H2,1H3. The number of H-pyrrole nitrogens is 1. The van der Waals surface area contributed by atoms with Crippen molar-refractivity contribution in [2.75, 3.05) is 33.2 Å². The molecular formula is C18H22N4. The van der Waals surface area contributed by atoms with Crippen molar-refractivity contribution in [2.45, 2.75) is 13.0 Å². The lowest BCUT2D eigenvalue weighted by atomic mass is 10.00. The van der Waals surface area contributed by atoms with Crippen LogP contribution in [0.4, 0.5) is 0 Å². The number of nitrogens with one attached hydrogen (secondary N) is 1. The smallest absolute Gasteiger partial charge is 0.0998 e. The number of nitrogens with zero attached hydrogens (tertiary/aromatic N) is 3. The first-order chi connectivity index (χ1) is 10.8. The van der Waals surface area contributed by atoms with Gasteiger partial charge in [-0.15, -0.1) is 0 Å². The summed E-state index contributed by atoms with van der Waals surface area (Å²) in [7, 11) is 2.18. The topological polar surface area (TPSA) is 46.1 Å². The van der Waals surface area contributed by atoms with Crippen LogP contribution in [-0.4, -0.2) is 48.0 Å². The summed E-state index contributed by atoms with van der Waals surface area (Å²) in [4.78, 5) is 7.92. The lowest BCUT2D eigenvalue weighted by Crippen LogP contribution is -2.28. The van der Waals surface area contributed by atoms with Gasteiger partial charge in [0, 0.05) is 43.2 Å². The maximum atomic E-state index is 9.45. The molecule has 2 heterocycles. The predicted octanol–water partition coefficient (Wildman–Crippen LogP) is 2.69. The third-order valence-corrected chi connectivity index (χ3v) is 4.33. The van der Waals surface area contributed by atoms with Crippen LogP contribution in [0.1, 0.15) is 17.5 Å². The van der Waals surface area contributed by atoms with Gasteiger partial charge in [0.1, 0.15) is 0 Å². The van der Waals surface area contributed by atoms with Crippen LogP contribution in [0.25, 0.3) is 11.1 Å². The summed E-state index contributed by atoms with van der Waals surface area (Å²) < 4.78 is 0. The van der Waals surface area contributed by atoms with Crippen molar-refractivity contribution in [3.05, 3.63) is 47.8 Å². The summed E-state index contributed by atoms with van der Waals surface area (Å²) in [5, 5.41) is 9.45. The average Bonchev–Trinajstić information content (AvgIpc) is 2.99. The fraction of sp³-hybridized carbons (Fsp3) is 0.389. The van der Waals surface area contributed by atoms with Gasteiger partial charge < -0.3 is 9.88 Å². The lowest BCUT2D eigenvalue weighted by molar-refractivity contribution is 0.269. The highest BCUT2D eigenvalue weighted by molar-refractivity contribution is 5.70. The summed E-state index contributed by atoms with van der Waals surface area (Å²) in [5.74, 6) is 0. The molecule has 0 saturated carbocycles. The van der Waals surface area contributed by atoms with Gasteiger partial charge in [-0.3, -0.25) is 4.90 Å². The van der Waals surface area contributed by atoms with Crippen molar-refractivity contribution in [1.82, 2.24) is 14.8 Å². The van der Waals surface area contributed by atoms with E-state index in [9.17, 15) is 5.26 Å². The van der Waals surface area contributed by atoms with Gasteiger partial charge in [0.25, 0.3) is 0 Å². The summed E-state index contributed by atoms with van der Waals surface area (Å²) in [6.45, 7) is 5.44. The summed E-state index contributed by atoms with van der Waals surface area (Å²) in [6.07, 6.45) is 5.03. The van der Waals surface area contributed by atoms with Crippen molar-refractivity contribution in [3.63, 3.8) is 0 Å². The van der Waals surface area contributed by atoms with Crippen molar-refractivity contribution in [1.29, 1.82) is 5.26 Å². The largest absolute Gasteiger partial charge is 0.367 e. The van der Waals surface area contributed by atoms with Gasteiger partial charge in [0.15, 0.2) is 0 Å². The fourth-order valence-corrected chi connectivity index (χ4v) is 3.04. The number of rotatable bonds is 3. The SMILES string of the molecule is CN1CCCN(Cc2ccc(-c3cc[nH]c3)c(C#N)c2)CC1. The van der Waals surface area contributed by atoms with Crippen LogP contribution in [0.3, 0.4) is 0 Å². The van der Waals surface area contributed by atoms with Crippen LogP contribution < -0.4 is 0 Å². The Morgan fingerprint density at radius 1 is 1.18 bits per heavy atom. The average molecular weight is 294 g/mol. The fourth-order valence-electron chi connectivity index (χ4n) is 3.04. The molecule has 0 atom stereocenters. The van der Waals surface area contributed by atoms with E-state index in [1.165, 1.54) is 18.5 Å². The first-order valence-electron chi connectivity index (χ1n) is 7.83. The lowest BCUT2D eigenvalue weighted by Gasteiger charge is -2.20. The molecule has 114 valence electrons. The maximum absolute atomic E-state index is 9.45. The first kappa shape index (κ1) is 14.8. The van der Waals surface area contributed by atoms with Gasteiger partial charge in [-0.25, -0.2) is 0 Å². The van der Waals surface area contributed by atoms with Crippen LogP contribution >= 0.6 is 0 Å². The Balaban J connectivity index is 1.76. The number of likely N-dealkylation sites (N-methyl/N-ethyl adjacent to an activating group) is 1. The molecule has 1 aromatic carbocycles. The van der Waals surface area contributed by atoms with E-state index in [-0.39, 0.29) is 0 Å². The van der Waals surface area contributed by atoms with E-state index >= 15 is 0 Å². The van der Waals surface area contributed by atoms with E-state index in [4.69, 9.17) is 0 Å². The highest BCUT2D eigenvalue weighted by atomic mass is 15.2. The second-order valence-corrected chi connectivity index (χ2v) is 6.02. The molecule has 1 aliphatic rings. The molecule has 22 heavy (non-hydrogen) atoms. The Bertz CT molecular complexity index is 654. The Kier molecular flexibility index (Phi) is 4.57. The first-order valence-corrected chi connectivity index (χ1v) is 7.83. The zero-order valence-corrected chi connectivity index (χ0v) is 13.0. The van der Waals surface area contributed by atoms with E-state index in [0.29, 0.717) is 0 Å². The van der Waals surface area contributed by atoms with E-state index in [1.54, 1.807) is 0 Å². The van der Waals surface area contributed by atoms with Gasteiger partial charge in [0.05, 0.1) is 11.6 Å². The van der Waals surface area contributed by atoms with Gasteiger partial charge in [0.2, 0.25) is 0 Å². The molecule has 1 aromatic heterocycles. The summed E-state index contributed by atoms with van der Waals surface area (Å²) in [5.41, 5.74) is 4.05. The number of aromatic nitrogens is 1. The summed E-state index contributed by atoms with van der Waals surface area (Å²) >= 11 is 0. The minimum absolute atomic E-state index is 0.754. The predicted molar refractivity (Wildman–Crippen MR) is 88.3 cm³/mol. The molecule has 3 rings (SSSR count). The van der Waals surface area contributed by atoms with Gasteiger partial charge in [-0.1, -0.05) is 12.1 Å². The number of hydrogen-bond acceptors (Lipinski definition) is 3. The molecule has 0 amide bonds. The highest BCUT2D eigenvalue weighted by Gasteiger charge is 2.13. The molecule has 0 unspecified atom stereocenters. The maximum Gasteiger partial charge on any atom is 0.0998 e. The minimum Gasteiger partial charge on any atom is -0.367 e. The van der Waals surface area contributed by atoms with Crippen LogP contribution in [0.15, 0.2) is 36.7 Å². The molecule has 1 saturated heterocycles. The Morgan fingerprint density at radius 3 is 2.86 bits per heavy atom. The third kappa shape index (κ3) is 3.38. The van der Waals surface area contributed by atoms with Crippen molar-refractivity contribution >= 4 is 0 Å². The molecule has 0 aliphatic carbocycles. The number of hydrogen-bond donors (Lipinski definition) is 1. The summed E-state index contributed by atoms with van der Waals surface area (Å²) in [6, 6.07) is 10.6.